The second-order valence-electron chi connectivity index (χ2n) is 8.21. The highest BCUT2D eigenvalue weighted by molar-refractivity contribution is 7.55. The molecular weight excluding hydrogens is 399 g/mol. The molecule has 0 aromatic carbocycles. The highest BCUT2D eigenvalue weighted by Gasteiger charge is 2.42. The van der Waals surface area contributed by atoms with Gasteiger partial charge in [-0.05, 0) is 25.7 Å². The van der Waals surface area contributed by atoms with E-state index in [1.54, 1.807) is 0 Å². The number of hydrogen-bond donors (Lipinski definition) is 0. The van der Waals surface area contributed by atoms with Crippen LogP contribution in [-0.4, -0.2) is 31.4 Å². The molecule has 1 atom stereocenters. The number of carbonyl (C=O) groups excluding carboxylic acids is 1. The van der Waals surface area contributed by atoms with Gasteiger partial charge in [-0.25, -0.2) is 0 Å². The van der Waals surface area contributed by atoms with Crippen molar-refractivity contribution < 1.29 is 23.1 Å². The van der Waals surface area contributed by atoms with Gasteiger partial charge in [-0.15, -0.1) is 0 Å². The Hall–Kier alpha value is -0.380. The molecule has 0 fully saturated rings. The number of esters is 1. The lowest BCUT2D eigenvalue weighted by Gasteiger charge is -2.26. The summed E-state index contributed by atoms with van der Waals surface area (Å²) < 4.78 is 31.0. The quantitative estimate of drug-likeness (QED) is 0.0952. The van der Waals surface area contributed by atoms with Crippen LogP contribution in [0, 0.1) is 0 Å². The normalized spacial score (nSPS) is 12.8. The van der Waals surface area contributed by atoms with Gasteiger partial charge in [0.25, 0.3) is 0 Å². The van der Waals surface area contributed by atoms with E-state index < -0.39 is 19.2 Å². The average Bonchev–Trinajstić information content (AvgIpc) is 2.73. The predicted molar refractivity (Wildman–Crippen MR) is 126 cm³/mol. The molecule has 6 heteroatoms. The van der Waals surface area contributed by atoms with Crippen molar-refractivity contribution in [1.29, 1.82) is 0 Å². The van der Waals surface area contributed by atoms with E-state index in [0.29, 0.717) is 26.2 Å². The van der Waals surface area contributed by atoms with Crippen LogP contribution in [0.3, 0.4) is 0 Å². The standard InChI is InChI=1S/C24H49O5P/c1-5-9-13-16-19-23(24(25)27-20-12-8-4)30(26,28-21-17-14-10-6-2)29-22-18-15-11-7-3/h23H,5-22H2,1-4H3. The fraction of sp³-hybridized carbons (Fsp3) is 0.958. The second kappa shape index (κ2) is 20.5. The molecule has 0 rings (SSSR count). The monoisotopic (exact) mass is 448 g/mol. The van der Waals surface area contributed by atoms with E-state index in [-0.39, 0.29) is 0 Å². The zero-order valence-corrected chi connectivity index (χ0v) is 21.2. The molecule has 1 unspecified atom stereocenters. The van der Waals surface area contributed by atoms with Gasteiger partial charge in [0.2, 0.25) is 0 Å². The first-order valence-electron chi connectivity index (χ1n) is 12.6. The molecular formula is C24H49O5P. The smallest absolute Gasteiger partial charge is 0.344 e. The molecule has 0 aromatic rings. The first kappa shape index (κ1) is 29.6. The first-order valence-corrected chi connectivity index (χ1v) is 14.2. The van der Waals surface area contributed by atoms with Gasteiger partial charge in [-0.1, -0.05) is 98.3 Å². The molecule has 0 radical (unpaired) electrons. The summed E-state index contributed by atoms with van der Waals surface area (Å²) >= 11 is 0. The number of carbonyl (C=O) groups is 1. The summed E-state index contributed by atoms with van der Waals surface area (Å²) in [6.45, 7) is 9.64. The summed E-state index contributed by atoms with van der Waals surface area (Å²) in [5.74, 6) is -0.412. The summed E-state index contributed by atoms with van der Waals surface area (Å²) in [5, 5.41) is 0. The summed E-state index contributed by atoms with van der Waals surface area (Å²) in [6.07, 6.45) is 14.6. The van der Waals surface area contributed by atoms with Crippen molar-refractivity contribution in [1.82, 2.24) is 0 Å². The fourth-order valence-electron chi connectivity index (χ4n) is 3.24. The van der Waals surface area contributed by atoms with Crippen molar-refractivity contribution in [3.8, 4) is 0 Å². The molecule has 0 amide bonds. The van der Waals surface area contributed by atoms with Gasteiger partial charge >= 0.3 is 13.6 Å². The van der Waals surface area contributed by atoms with Crippen LogP contribution in [-0.2, 0) is 23.1 Å². The van der Waals surface area contributed by atoms with E-state index in [2.05, 4.69) is 27.7 Å². The number of hydrogen-bond acceptors (Lipinski definition) is 5. The zero-order chi connectivity index (χ0) is 22.5. The van der Waals surface area contributed by atoms with Crippen LogP contribution >= 0.6 is 7.60 Å². The molecule has 30 heavy (non-hydrogen) atoms. The Morgan fingerprint density at radius 1 is 0.633 bits per heavy atom. The third-order valence-electron chi connectivity index (χ3n) is 5.27. The van der Waals surface area contributed by atoms with Crippen LogP contribution in [0.25, 0.3) is 0 Å². The van der Waals surface area contributed by atoms with Gasteiger partial charge in [0.1, 0.15) is 0 Å². The van der Waals surface area contributed by atoms with Crippen LogP contribution in [0.15, 0.2) is 0 Å². The highest BCUT2D eigenvalue weighted by Crippen LogP contribution is 2.55. The van der Waals surface area contributed by atoms with Gasteiger partial charge in [0, 0.05) is 0 Å². The predicted octanol–water partition coefficient (Wildman–Crippen LogP) is 8.06. The molecule has 180 valence electrons. The Kier molecular flexibility index (Phi) is 20.3. The average molecular weight is 449 g/mol. The van der Waals surface area contributed by atoms with E-state index in [1.165, 1.54) is 0 Å². The van der Waals surface area contributed by atoms with Crippen LogP contribution in [0.5, 0.6) is 0 Å². The van der Waals surface area contributed by atoms with Crippen LogP contribution in [0.2, 0.25) is 0 Å². The maximum absolute atomic E-state index is 13.8. The van der Waals surface area contributed by atoms with Crippen molar-refractivity contribution in [3.63, 3.8) is 0 Å². The number of unbranched alkanes of at least 4 members (excludes halogenated alkanes) is 10. The first-order chi connectivity index (χ1) is 14.6. The number of rotatable bonds is 22. The van der Waals surface area contributed by atoms with E-state index in [9.17, 15) is 9.36 Å². The molecule has 0 aliphatic rings. The fourth-order valence-corrected chi connectivity index (χ4v) is 5.27. The molecule has 0 heterocycles. The maximum atomic E-state index is 13.8. The number of ether oxygens (including phenoxy) is 1. The maximum Gasteiger partial charge on any atom is 0.344 e. The highest BCUT2D eigenvalue weighted by atomic mass is 31.2. The Morgan fingerprint density at radius 3 is 1.57 bits per heavy atom. The lowest BCUT2D eigenvalue weighted by Crippen LogP contribution is -2.27. The van der Waals surface area contributed by atoms with E-state index in [1.807, 2.05) is 0 Å². The molecule has 0 aromatic heterocycles. The van der Waals surface area contributed by atoms with Crippen molar-refractivity contribution in [3.05, 3.63) is 0 Å². The Morgan fingerprint density at radius 2 is 1.10 bits per heavy atom. The molecule has 0 bridgehead atoms. The van der Waals surface area contributed by atoms with Crippen molar-refractivity contribution in [2.75, 3.05) is 19.8 Å². The van der Waals surface area contributed by atoms with Gasteiger partial charge in [0.05, 0.1) is 19.8 Å². The minimum atomic E-state index is -3.55. The van der Waals surface area contributed by atoms with Gasteiger partial charge in [-0.3, -0.25) is 9.36 Å². The topological polar surface area (TPSA) is 61.8 Å². The molecule has 0 aliphatic carbocycles. The molecule has 0 saturated carbocycles. The lowest BCUT2D eigenvalue weighted by molar-refractivity contribution is -0.143. The summed E-state index contributed by atoms with van der Waals surface area (Å²) in [4.78, 5) is 12.8. The van der Waals surface area contributed by atoms with E-state index in [4.69, 9.17) is 13.8 Å². The van der Waals surface area contributed by atoms with Crippen LogP contribution < -0.4 is 0 Å². The van der Waals surface area contributed by atoms with E-state index >= 15 is 0 Å². The summed E-state index contributed by atoms with van der Waals surface area (Å²) in [5.41, 5.74) is -0.802. The van der Waals surface area contributed by atoms with Gasteiger partial charge < -0.3 is 13.8 Å². The van der Waals surface area contributed by atoms with Gasteiger partial charge in [0.15, 0.2) is 5.66 Å². The van der Waals surface area contributed by atoms with Crippen LogP contribution in [0.4, 0.5) is 0 Å². The van der Waals surface area contributed by atoms with E-state index in [0.717, 1.165) is 89.9 Å². The van der Waals surface area contributed by atoms with Gasteiger partial charge in [-0.2, -0.15) is 0 Å². The molecule has 0 aliphatic heterocycles. The molecule has 0 N–H and O–H groups in total. The molecule has 0 spiro atoms. The SMILES string of the molecule is CCCCCCOP(=O)(OCCCCCC)C(CCCCCC)C(=O)OCCCC. The Labute approximate surface area is 186 Å². The largest absolute Gasteiger partial charge is 0.465 e. The minimum absolute atomic E-state index is 0.369. The summed E-state index contributed by atoms with van der Waals surface area (Å²) in [7, 11) is -3.55. The third kappa shape index (κ3) is 14.6. The minimum Gasteiger partial charge on any atom is -0.465 e. The second-order valence-corrected chi connectivity index (χ2v) is 10.4. The van der Waals surface area contributed by atoms with Crippen molar-refractivity contribution in [2.45, 2.75) is 130 Å². The molecule has 0 saturated heterocycles. The Bertz CT molecular complexity index is 423. The third-order valence-corrected chi connectivity index (χ3v) is 7.58. The molecule has 5 nitrogen and oxygen atoms in total. The lowest BCUT2D eigenvalue weighted by atomic mass is 10.1. The summed E-state index contributed by atoms with van der Waals surface area (Å²) in [6, 6.07) is 0. The van der Waals surface area contributed by atoms with Crippen molar-refractivity contribution >= 4 is 13.6 Å². The Balaban J connectivity index is 5.12. The van der Waals surface area contributed by atoms with Crippen molar-refractivity contribution in [2.24, 2.45) is 0 Å². The zero-order valence-electron chi connectivity index (χ0n) is 20.3. The van der Waals surface area contributed by atoms with Crippen LogP contribution in [0.1, 0.15) is 124 Å².